The number of nitrogens with two attached hydrogens (primary N) is 2. The van der Waals surface area contributed by atoms with Gasteiger partial charge in [0.25, 0.3) is 5.91 Å². The van der Waals surface area contributed by atoms with Crippen molar-refractivity contribution in [1.29, 1.82) is 0 Å². The summed E-state index contributed by atoms with van der Waals surface area (Å²) >= 11 is 0. The maximum Gasteiger partial charge on any atom is 0.283 e. The van der Waals surface area contributed by atoms with E-state index in [2.05, 4.69) is 9.98 Å². The monoisotopic (exact) mass is 375 g/mol. The molecular weight excluding hydrogens is 361 g/mol. The van der Waals surface area contributed by atoms with Crippen LogP contribution in [0.25, 0.3) is 16.7 Å². The van der Waals surface area contributed by atoms with Crippen molar-refractivity contribution < 1.29 is 17.6 Å². The van der Waals surface area contributed by atoms with Gasteiger partial charge in [0, 0.05) is 12.3 Å². The maximum atomic E-state index is 14.5. The number of hydrogen-bond donors (Lipinski definition) is 2. The number of amides is 1. The Morgan fingerprint density at radius 3 is 2.58 bits per heavy atom. The molecule has 10 heteroatoms. The number of fused-ring (bicyclic) bond motifs is 1. The minimum absolute atomic E-state index is 0.0277. The van der Waals surface area contributed by atoms with Gasteiger partial charge in [-0.15, -0.1) is 0 Å². The average molecular weight is 375 g/mol. The number of aromatic nitrogens is 2. The van der Waals surface area contributed by atoms with E-state index < -0.39 is 33.1 Å². The van der Waals surface area contributed by atoms with Crippen molar-refractivity contribution in [2.45, 2.75) is 4.90 Å². The zero-order chi connectivity index (χ0) is 19.1. The van der Waals surface area contributed by atoms with Crippen molar-refractivity contribution in [2.24, 2.45) is 16.5 Å². The van der Waals surface area contributed by atoms with Gasteiger partial charge >= 0.3 is 0 Å². The van der Waals surface area contributed by atoms with E-state index in [9.17, 15) is 17.6 Å². The molecule has 8 nitrogen and oxygen atoms in total. The fourth-order valence-corrected chi connectivity index (χ4v) is 3.39. The second-order valence-corrected chi connectivity index (χ2v) is 7.50. The van der Waals surface area contributed by atoms with Crippen LogP contribution in [0.3, 0.4) is 0 Å². The lowest BCUT2D eigenvalue weighted by Gasteiger charge is -2.12. The molecule has 134 valence electrons. The molecule has 0 radical (unpaired) electrons. The molecule has 0 aliphatic heterocycles. The number of para-hydroxylation sites is 2. The molecule has 1 heterocycles. The number of nitrogens with zero attached hydrogens (tertiary/aromatic N) is 3. The molecule has 0 atom stereocenters. The third-order valence-electron chi connectivity index (χ3n) is 3.62. The predicted molar refractivity (Wildman–Crippen MR) is 94.3 cm³/mol. The van der Waals surface area contributed by atoms with E-state index in [1.807, 2.05) is 0 Å². The van der Waals surface area contributed by atoms with E-state index >= 15 is 0 Å². The van der Waals surface area contributed by atoms with Gasteiger partial charge in [0.2, 0.25) is 0 Å². The fourth-order valence-electron chi connectivity index (χ4n) is 2.52. The van der Waals surface area contributed by atoms with Crippen molar-refractivity contribution in [3.8, 4) is 5.69 Å². The smallest absolute Gasteiger partial charge is 0.283 e. The number of benzene rings is 2. The molecule has 0 saturated heterocycles. The number of carbonyl (C=O) groups is 1. The first kappa shape index (κ1) is 17.5. The SMILES string of the molecule is CS(=O)(=O)c1cc(C(=O)N=C(N)N)c(F)cc1-n1cnc2ccccc21. The third kappa shape index (κ3) is 3.14. The number of guanidine groups is 1. The zero-order valence-electron chi connectivity index (χ0n) is 13.5. The molecule has 4 N–H and O–H groups in total. The van der Waals surface area contributed by atoms with E-state index in [1.54, 1.807) is 24.3 Å². The van der Waals surface area contributed by atoms with Gasteiger partial charge in [0.15, 0.2) is 15.8 Å². The van der Waals surface area contributed by atoms with E-state index in [-0.39, 0.29) is 10.6 Å². The lowest BCUT2D eigenvalue weighted by atomic mass is 10.1. The number of sulfone groups is 1. The Morgan fingerprint density at radius 1 is 1.23 bits per heavy atom. The van der Waals surface area contributed by atoms with Crippen LogP contribution in [0.1, 0.15) is 10.4 Å². The topological polar surface area (TPSA) is 133 Å². The molecule has 3 aromatic rings. The van der Waals surface area contributed by atoms with Crippen LogP contribution in [0.15, 0.2) is 52.6 Å². The van der Waals surface area contributed by atoms with Crippen molar-refractivity contribution in [3.05, 3.63) is 54.1 Å². The summed E-state index contributed by atoms with van der Waals surface area (Å²) in [5.41, 5.74) is 10.9. The Balaban J connectivity index is 2.31. The van der Waals surface area contributed by atoms with Gasteiger partial charge in [-0.1, -0.05) is 12.1 Å². The summed E-state index contributed by atoms with van der Waals surface area (Å²) in [6.45, 7) is 0. The molecule has 0 fully saturated rings. The van der Waals surface area contributed by atoms with Crippen LogP contribution in [0.2, 0.25) is 0 Å². The summed E-state index contributed by atoms with van der Waals surface area (Å²) in [5, 5.41) is 0. The molecule has 0 aliphatic rings. The number of aliphatic imine (C=N–C) groups is 1. The van der Waals surface area contributed by atoms with Crippen molar-refractivity contribution >= 4 is 32.7 Å². The van der Waals surface area contributed by atoms with Crippen LogP contribution in [0.4, 0.5) is 4.39 Å². The van der Waals surface area contributed by atoms with Crippen LogP contribution in [0.5, 0.6) is 0 Å². The highest BCUT2D eigenvalue weighted by atomic mass is 32.2. The number of rotatable bonds is 3. The third-order valence-corrected chi connectivity index (χ3v) is 4.75. The first-order valence-corrected chi connectivity index (χ1v) is 9.17. The second kappa shape index (κ2) is 6.23. The molecule has 1 aromatic heterocycles. The Labute approximate surface area is 147 Å². The molecule has 26 heavy (non-hydrogen) atoms. The van der Waals surface area contributed by atoms with Crippen LogP contribution < -0.4 is 11.5 Å². The van der Waals surface area contributed by atoms with Crippen LogP contribution in [-0.4, -0.2) is 36.1 Å². The van der Waals surface area contributed by atoms with Crippen LogP contribution in [-0.2, 0) is 9.84 Å². The second-order valence-electron chi connectivity index (χ2n) is 5.52. The minimum atomic E-state index is -3.81. The molecule has 0 saturated carbocycles. The van der Waals surface area contributed by atoms with E-state index in [0.717, 1.165) is 18.4 Å². The molecule has 0 unspecified atom stereocenters. The highest BCUT2D eigenvalue weighted by molar-refractivity contribution is 7.90. The van der Waals surface area contributed by atoms with Gasteiger partial charge < -0.3 is 11.5 Å². The minimum Gasteiger partial charge on any atom is -0.370 e. The van der Waals surface area contributed by atoms with Crippen molar-refractivity contribution in [2.75, 3.05) is 6.26 Å². The normalized spacial score (nSPS) is 11.5. The predicted octanol–water partition coefficient (Wildman–Crippen LogP) is 0.982. The number of halogens is 1. The van der Waals surface area contributed by atoms with E-state index in [4.69, 9.17) is 11.5 Å². The van der Waals surface area contributed by atoms with Gasteiger partial charge in [-0.3, -0.25) is 9.36 Å². The van der Waals surface area contributed by atoms with Crippen molar-refractivity contribution in [1.82, 2.24) is 9.55 Å². The molecule has 2 aromatic carbocycles. The largest absolute Gasteiger partial charge is 0.370 e. The summed E-state index contributed by atoms with van der Waals surface area (Å²) < 4.78 is 40.4. The highest BCUT2D eigenvalue weighted by Crippen LogP contribution is 2.27. The number of carbonyl (C=O) groups excluding carboxylic acids is 1. The first-order chi connectivity index (χ1) is 12.2. The zero-order valence-corrected chi connectivity index (χ0v) is 14.4. The van der Waals surface area contributed by atoms with Crippen molar-refractivity contribution in [3.63, 3.8) is 0 Å². The lowest BCUT2D eigenvalue weighted by Crippen LogP contribution is -2.24. The quantitative estimate of drug-likeness (QED) is 0.398. The van der Waals surface area contributed by atoms with E-state index in [1.165, 1.54) is 10.9 Å². The molecule has 3 rings (SSSR count). The number of imidazole rings is 1. The average Bonchev–Trinajstić information content (AvgIpc) is 2.96. The summed E-state index contributed by atoms with van der Waals surface area (Å²) in [4.78, 5) is 19.1. The maximum absolute atomic E-state index is 14.5. The van der Waals surface area contributed by atoms with Gasteiger partial charge in [-0.2, -0.15) is 4.99 Å². The van der Waals surface area contributed by atoms with Crippen LogP contribution >= 0.6 is 0 Å². The molecule has 0 spiro atoms. The Hall–Kier alpha value is -3.27. The fraction of sp³-hybridized carbons (Fsp3) is 0.0625. The molecule has 1 amide bonds. The Morgan fingerprint density at radius 2 is 1.92 bits per heavy atom. The Bertz CT molecular complexity index is 1160. The standard InChI is InChI=1S/C16H14FN5O3S/c1-26(24,25)14-6-9(15(23)21-16(18)19)10(17)7-13(14)22-8-20-11-4-2-3-5-12(11)22/h2-8H,1H3,(H4,18,19,21,23). The summed E-state index contributed by atoms with van der Waals surface area (Å²) in [7, 11) is -3.81. The van der Waals surface area contributed by atoms with Gasteiger partial charge in [-0.05, 0) is 18.2 Å². The molecule has 0 aliphatic carbocycles. The van der Waals surface area contributed by atoms with Gasteiger partial charge in [0.1, 0.15) is 12.1 Å². The molecular formula is C16H14FN5O3S. The summed E-state index contributed by atoms with van der Waals surface area (Å²) in [6, 6.07) is 8.83. The van der Waals surface area contributed by atoms with Gasteiger partial charge in [-0.25, -0.2) is 17.8 Å². The summed E-state index contributed by atoms with van der Waals surface area (Å²) in [6.07, 6.45) is 2.34. The lowest BCUT2D eigenvalue weighted by molar-refractivity contribution is 0.0998. The summed E-state index contributed by atoms with van der Waals surface area (Å²) in [5.74, 6) is -2.59. The van der Waals surface area contributed by atoms with Crippen LogP contribution in [0, 0.1) is 5.82 Å². The van der Waals surface area contributed by atoms with Gasteiger partial charge in [0.05, 0.1) is 27.2 Å². The highest BCUT2D eigenvalue weighted by Gasteiger charge is 2.23. The Kier molecular flexibility index (Phi) is 4.20. The van der Waals surface area contributed by atoms with E-state index in [0.29, 0.717) is 11.0 Å². The molecule has 0 bridgehead atoms. The number of hydrogen-bond acceptors (Lipinski definition) is 4. The first-order valence-electron chi connectivity index (χ1n) is 7.28.